The molecule has 0 amide bonds. The van der Waals surface area contributed by atoms with E-state index >= 15 is 0 Å². The first-order valence-electron chi connectivity index (χ1n) is 5.61. The van der Waals surface area contributed by atoms with Crippen LogP contribution < -0.4 is 4.74 Å². The normalized spacial score (nSPS) is 9.48. The minimum atomic E-state index is -0.767. The topological polar surface area (TPSA) is 99.9 Å². The molecule has 0 heterocycles. The number of nitrogens with zero attached hydrogens (tertiary/aromatic N) is 3. The van der Waals surface area contributed by atoms with Crippen molar-refractivity contribution in [2.24, 2.45) is 0 Å². The fourth-order valence-corrected chi connectivity index (χ4v) is 1.58. The van der Waals surface area contributed by atoms with Gasteiger partial charge in [-0.15, -0.1) is 0 Å². The molecule has 0 saturated carbocycles. The van der Waals surface area contributed by atoms with Crippen molar-refractivity contribution in [1.82, 2.24) is 0 Å². The quantitative estimate of drug-likeness (QED) is 0.635. The zero-order valence-electron chi connectivity index (χ0n) is 10.4. The average Bonchev–Trinajstić information content (AvgIpc) is 2.49. The third-order valence-electron chi connectivity index (χ3n) is 2.58. The molecule has 0 N–H and O–H groups in total. The number of ether oxygens (including phenoxy) is 1. The van der Waals surface area contributed by atoms with Crippen molar-refractivity contribution in [3.05, 3.63) is 63.5 Å². The second-order valence-corrected chi connectivity index (χ2v) is 3.91. The molecule has 0 spiro atoms. The zero-order valence-corrected chi connectivity index (χ0v) is 10.4. The first kappa shape index (κ1) is 14.0. The predicted molar refractivity (Wildman–Crippen MR) is 69.0 cm³/mol. The van der Waals surface area contributed by atoms with E-state index in [0.717, 1.165) is 18.2 Å². The Kier molecular flexibility index (Phi) is 3.78. The Hall–Kier alpha value is -3.45. The van der Waals surface area contributed by atoms with Crippen molar-refractivity contribution in [3.8, 4) is 23.6 Å². The molecule has 0 radical (unpaired) electrons. The van der Waals surface area contributed by atoms with Gasteiger partial charge in [-0.25, -0.2) is 4.39 Å². The van der Waals surface area contributed by atoms with Gasteiger partial charge >= 0.3 is 0 Å². The Morgan fingerprint density at radius 2 is 1.81 bits per heavy atom. The van der Waals surface area contributed by atoms with E-state index in [9.17, 15) is 14.5 Å². The summed E-state index contributed by atoms with van der Waals surface area (Å²) >= 11 is 0. The van der Waals surface area contributed by atoms with E-state index in [-0.39, 0.29) is 28.3 Å². The predicted octanol–water partition coefficient (Wildman–Crippen LogP) is 3.27. The summed E-state index contributed by atoms with van der Waals surface area (Å²) in [5.41, 5.74) is -0.226. The van der Waals surface area contributed by atoms with Gasteiger partial charge in [0.05, 0.1) is 16.6 Å². The Labute approximate surface area is 118 Å². The minimum absolute atomic E-state index is 0.00768. The highest BCUT2D eigenvalue weighted by Gasteiger charge is 2.14. The third kappa shape index (κ3) is 2.94. The second kappa shape index (κ2) is 5.68. The van der Waals surface area contributed by atoms with Crippen LogP contribution in [0.3, 0.4) is 0 Å². The van der Waals surface area contributed by atoms with Gasteiger partial charge < -0.3 is 4.74 Å². The van der Waals surface area contributed by atoms with Gasteiger partial charge in [-0.2, -0.15) is 10.5 Å². The SMILES string of the molecule is N#Cc1ccc(Oc2ccc([N+](=O)[O-])cc2C#N)c(F)c1. The van der Waals surface area contributed by atoms with Crippen molar-refractivity contribution in [3.63, 3.8) is 0 Å². The molecule has 2 aromatic carbocycles. The Morgan fingerprint density at radius 1 is 1.10 bits per heavy atom. The van der Waals surface area contributed by atoms with Crippen LogP contribution in [0.2, 0.25) is 0 Å². The highest BCUT2D eigenvalue weighted by atomic mass is 19.1. The van der Waals surface area contributed by atoms with Crippen LogP contribution in [0.15, 0.2) is 36.4 Å². The minimum Gasteiger partial charge on any atom is -0.453 e. The maximum atomic E-state index is 13.7. The summed E-state index contributed by atoms with van der Waals surface area (Å²) in [4.78, 5) is 9.98. The number of nitriles is 2. The van der Waals surface area contributed by atoms with E-state index in [0.29, 0.717) is 0 Å². The molecule has 0 saturated heterocycles. The molecule has 102 valence electrons. The summed E-state index contributed by atoms with van der Waals surface area (Å²) in [6.07, 6.45) is 0. The number of benzene rings is 2. The molecule has 0 aliphatic heterocycles. The standard InChI is InChI=1S/C14H6FN3O3/c15-12-5-9(7-16)1-3-14(12)21-13-4-2-11(18(19)20)6-10(13)8-17/h1-6H. The maximum absolute atomic E-state index is 13.7. The smallest absolute Gasteiger partial charge is 0.271 e. The van der Waals surface area contributed by atoms with Crippen molar-refractivity contribution in [2.75, 3.05) is 0 Å². The first-order valence-corrected chi connectivity index (χ1v) is 5.61. The molecule has 21 heavy (non-hydrogen) atoms. The Bertz CT molecular complexity index is 806. The van der Waals surface area contributed by atoms with Crippen LogP contribution in [0.1, 0.15) is 11.1 Å². The number of hydrogen-bond donors (Lipinski definition) is 0. The highest BCUT2D eigenvalue weighted by molar-refractivity contribution is 5.52. The number of nitro benzene ring substituents is 1. The van der Waals surface area contributed by atoms with Crippen LogP contribution in [0, 0.1) is 38.6 Å². The van der Waals surface area contributed by atoms with Gasteiger partial charge in [-0.05, 0) is 24.3 Å². The zero-order chi connectivity index (χ0) is 15.4. The molecule has 0 aromatic heterocycles. The largest absolute Gasteiger partial charge is 0.453 e. The summed E-state index contributed by atoms with van der Waals surface area (Å²) < 4.78 is 18.9. The van der Waals surface area contributed by atoms with Crippen LogP contribution in [0.4, 0.5) is 10.1 Å². The molecule has 0 fully saturated rings. The van der Waals surface area contributed by atoms with Gasteiger partial charge in [0.2, 0.25) is 0 Å². The van der Waals surface area contributed by atoms with E-state index in [1.807, 2.05) is 0 Å². The summed E-state index contributed by atoms with van der Waals surface area (Å²) in [7, 11) is 0. The van der Waals surface area contributed by atoms with Crippen molar-refractivity contribution >= 4 is 5.69 Å². The summed E-state index contributed by atoms with van der Waals surface area (Å²) in [6.45, 7) is 0. The summed E-state index contributed by atoms with van der Waals surface area (Å²) in [5.74, 6) is -0.956. The fraction of sp³-hybridized carbons (Fsp3) is 0. The van der Waals surface area contributed by atoms with E-state index in [4.69, 9.17) is 15.3 Å². The highest BCUT2D eigenvalue weighted by Crippen LogP contribution is 2.30. The lowest BCUT2D eigenvalue weighted by molar-refractivity contribution is -0.384. The lowest BCUT2D eigenvalue weighted by Crippen LogP contribution is -1.94. The van der Waals surface area contributed by atoms with Gasteiger partial charge in [0.25, 0.3) is 5.69 Å². The van der Waals surface area contributed by atoms with Crippen LogP contribution in [0.25, 0.3) is 0 Å². The number of hydrogen-bond acceptors (Lipinski definition) is 5. The molecule has 0 aliphatic carbocycles. The second-order valence-electron chi connectivity index (χ2n) is 3.91. The molecule has 0 atom stereocenters. The third-order valence-corrected chi connectivity index (χ3v) is 2.58. The molecule has 0 aliphatic rings. The van der Waals surface area contributed by atoms with Crippen molar-refractivity contribution in [1.29, 1.82) is 10.5 Å². The lowest BCUT2D eigenvalue weighted by atomic mass is 10.2. The molecule has 6 nitrogen and oxygen atoms in total. The molecule has 2 rings (SSSR count). The number of halogens is 1. The average molecular weight is 283 g/mol. The molecule has 2 aromatic rings. The fourth-order valence-electron chi connectivity index (χ4n) is 1.58. The lowest BCUT2D eigenvalue weighted by Gasteiger charge is -2.08. The maximum Gasteiger partial charge on any atom is 0.271 e. The molecule has 7 heteroatoms. The number of rotatable bonds is 3. The Balaban J connectivity index is 2.38. The van der Waals surface area contributed by atoms with E-state index < -0.39 is 10.7 Å². The number of nitro groups is 1. The molecule has 0 unspecified atom stereocenters. The summed E-state index contributed by atoms with van der Waals surface area (Å²) in [5, 5.41) is 28.2. The van der Waals surface area contributed by atoms with E-state index in [1.165, 1.54) is 18.2 Å². The molecular formula is C14H6FN3O3. The van der Waals surface area contributed by atoms with Crippen LogP contribution in [-0.2, 0) is 0 Å². The molecule has 0 bridgehead atoms. The molecular weight excluding hydrogens is 277 g/mol. The van der Waals surface area contributed by atoms with Gasteiger partial charge in [0, 0.05) is 12.1 Å². The Morgan fingerprint density at radius 3 is 2.38 bits per heavy atom. The van der Waals surface area contributed by atoms with Gasteiger partial charge in [-0.1, -0.05) is 0 Å². The van der Waals surface area contributed by atoms with Crippen LogP contribution in [0.5, 0.6) is 11.5 Å². The van der Waals surface area contributed by atoms with Crippen molar-refractivity contribution in [2.45, 2.75) is 0 Å². The van der Waals surface area contributed by atoms with Crippen LogP contribution >= 0.6 is 0 Å². The number of non-ortho nitro benzene ring substituents is 1. The van der Waals surface area contributed by atoms with Crippen molar-refractivity contribution < 1.29 is 14.1 Å². The van der Waals surface area contributed by atoms with Gasteiger partial charge in [0.1, 0.15) is 17.4 Å². The van der Waals surface area contributed by atoms with Gasteiger partial charge in [-0.3, -0.25) is 10.1 Å². The first-order chi connectivity index (χ1) is 10.0. The van der Waals surface area contributed by atoms with E-state index in [1.54, 1.807) is 12.1 Å². The van der Waals surface area contributed by atoms with Crippen LogP contribution in [-0.4, -0.2) is 4.92 Å². The van der Waals surface area contributed by atoms with E-state index in [2.05, 4.69) is 0 Å². The van der Waals surface area contributed by atoms with Gasteiger partial charge in [0.15, 0.2) is 11.6 Å². The monoisotopic (exact) mass is 283 g/mol. The summed E-state index contributed by atoms with van der Waals surface area (Å²) in [6, 6.07) is 10.5.